The number of anilines is 3. The summed E-state index contributed by atoms with van der Waals surface area (Å²) in [7, 11) is 3.80. The number of nitrogen functional groups attached to an aromatic ring is 1. The van der Waals surface area contributed by atoms with Crippen molar-refractivity contribution >= 4 is 17.8 Å². The topological polar surface area (TPSA) is 92.0 Å². The number of hydrogen-bond donors (Lipinski definition) is 3. The number of nitrogens with two attached hydrogens (primary N) is 1. The maximum absolute atomic E-state index is 5.41. The van der Waals surface area contributed by atoms with Gasteiger partial charge >= 0.3 is 0 Å². The van der Waals surface area contributed by atoms with Gasteiger partial charge in [-0.15, -0.1) is 0 Å². The Labute approximate surface area is 113 Å². The van der Waals surface area contributed by atoms with Crippen molar-refractivity contribution in [3.05, 3.63) is 0 Å². The number of hydrazine groups is 1. The van der Waals surface area contributed by atoms with Gasteiger partial charge in [0, 0.05) is 20.1 Å². The number of aromatic nitrogens is 3. The largest absolute Gasteiger partial charge is 0.351 e. The van der Waals surface area contributed by atoms with E-state index in [-0.39, 0.29) is 0 Å². The van der Waals surface area contributed by atoms with Gasteiger partial charge in [0.2, 0.25) is 17.8 Å². The van der Waals surface area contributed by atoms with E-state index in [0.717, 1.165) is 11.8 Å². The lowest BCUT2D eigenvalue weighted by molar-refractivity contribution is 0.438. The zero-order valence-electron chi connectivity index (χ0n) is 11.4. The van der Waals surface area contributed by atoms with E-state index in [1.54, 1.807) is 0 Å². The third kappa shape index (κ3) is 2.42. The standard InChI is InChI=1S/C12H21N7/c1-19(2)12-16-10(15-11(17-12)18-13)14-9-6-7-3-4-8(9)5-7/h7-9H,3-6,13H2,1-2H3,(H2,14,15,16,17,18). The van der Waals surface area contributed by atoms with Crippen molar-refractivity contribution in [2.45, 2.75) is 31.7 Å². The van der Waals surface area contributed by atoms with E-state index in [9.17, 15) is 0 Å². The molecule has 2 saturated carbocycles. The van der Waals surface area contributed by atoms with Crippen LogP contribution in [0.5, 0.6) is 0 Å². The monoisotopic (exact) mass is 263 g/mol. The third-order valence-electron chi connectivity index (χ3n) is 4.21. The van der Waals surface area contributed by atoms with Crippen molar-refractivity contribution in [3.63, 3.8) is 0 Å². The summed E-state index contributed by atoms with van der Waals surface area (Å²) in [6, 6.07) is 0.502. The Hall–Kier alpha value is -1.63. The number of hydrogen-bond acceptors (Lipinski definition) is 7. The second-order valence-corrected chi connectivity index (χ2v) is 5.75. The smallest absolute Gasteiger partial charge is 0.243 e. The van der Waals surface area contributed by atoms with Gasteiger partial charge in [0.1, 0.15) is 0 Å². The molecular formula is C12H21N7. The molecule has 0 aromatic carbocycles. The molecule has 7 nitrogen and oxygen atoms in total. The minimum atomic E-state index is 0.393. The number of nitrogens with zero attached hydrogens (tertiary/aromatic N) is 4. The molecule has 2 fully saturated rings. The van der Waals surface area contributed by atoms with Crippen LogP contribution < -0.4 is 21.5 Å². The minimum Gasteiger partial charge on any atom is -0.351 e. The van der Waals surface area contributed by atoms with Crippen LogP contribution in [-0.4, -0.2) is 35.1 Å². The van der Waals surface area contributed by atoms with Gasteiger partial charge in [-0.25, -0.2) is 5.84 Å². The maximum atomic E-state index is 5.41. The van der Waals surface area contributed by atoms with E-state index in [4.69, 9.17) is 5.84 Å². The highest BCUT2D eigenvalue weighted by Crippen LogP contribution is 2.45. The van der Waals surface area contributed by atoms with Gasteiger partial charge in [0.05, 0.1) is 0 Å². The van der Waals surface area contributed by atoms with Crippen LogP contribution in [0.2, 0.25) is 0 Å². The van der Waals surface area contributed by atoms with Gasteiger partial charge in [0.25, 0.3) is 0 Å². The first-order chi connectivity index (χ1) is 9.15. The number of rotatable bonds is 4. The highest BCUT2D eigenvalue weighted by atomic mass is 15.4. The molecule has 1 heterocycles. The van der Waals surface area contributed by atoms with Gasteiger partial charge in [-0.2, -0.15) is 15.0 Å². The van der Waals surface area contributed by atoms with Crippen molar-refractivity contribution in [3.8, 4) is 0 Å². The van der Waals surface area contributed by atoms with Crippen LogP contribution in [0.25, 0.3) is 0 Å². The second-order valence-electron chi connectivity index (χ2n) is 5.75. The van der Waals surface area contributed by atoms with Crippen molar-refractivity contribution in [2.24, 2.45) is 17.7 Å². The van der Waals surface area contributed by atoms with Crippen LogP contribution in [0.3, 0.4) is 0 Å². The predicted molar refractivity (Wildman–Crippen MR) is 74.8 cm³/mol. The highest BCUT2D eigenvalue weighted by molar-refractivity contribution is 5.43. The molecule has 0 radical (unpaired) electrons. The molecule has 3 unspecified atom stereocenters. The summed E-state index contributed by atoms with van der Waals surface area (Å²) >= 11 is 0. The molecule has 2 aliphatic rings. The first-order valence-corrected chi connectivity index (χ1v) is 6.82. The lowest BCUT2D eigenvalue weighted by Crippen LogP contribution is -2.28. The molecule has 104 valence electrons. The summed E-state index contributed by atoms with van der Waals surface area (Å²) < 4.78 is 0. The summed E-state index contributed by atoms with van der Waals surface area (Å²) in [5.41, 5.74) is 2.49. The average Bonchev–Trinajstić information content (AvgIpc) is 3.00. The maximum Gasteiger partial charge on any atom is 0.243 e. The minimum absolute atomic E-state index is 0.393. The summed E-state index contributed by atoms with van der Waals surface area (Å²) in [6.07, 6.45) is 5.30. The molecule has 0 amide bonds. The summed E-state index contributed by atoms with van der Waals surface area (Å²) in [5, 5.41) is 3.46. The van der Waals surface area contributed by atoms with Crippen LogP contribution >= 0.6 is 0 Å². The zero-order chi connectivity index (χ0) is 13.4. The molecule has 1 aromatic heterocycles. The predicted octanol–water partition coefficient (Wildman–Crippen LogP) is 0.824. The second kappa shape index (κ2) is 4.80. The first kappa shape index (κ1) is 12.4. The van der Waals surface area contributed by atoms with E-state index in [0.29, 0.717) is 23.9 Å². The zero-order valence-corrected chi connectivity index (χ0v) is 11.4. The molecule has 0 saturated heterocycles. The van der Waals surface area contributed by atoms with Gasteiger partial charge < -0.3 is 10.2 Å². The van der Waals surface area contributed by atoms with Crippen molar-refractivity contribution < 1.29 is 0 Å². The molecule has 19 heavy (non-hydrogen) atoms. The Morgan fingerprint density at radius 3 is 2.47 bits per heavy atom. The van der Waals surface area contributed by atoms with Crippen molar-refractivity contribution in [1.29, 1.82) is 0 Å². The Morgan fingerprint density at radius 1 is 1.11 bits per heavy atom. The fourth-order valence-electron chi connectivity index (χ4n) is 3.28. The molecule has 1 aromatic rings. The summed E-state index contributed by atoms with van der Waals surface area (Å²) in [5.74, 6) is 8.69. The number of fused-ring (bicyclic) bond motifs is 2. The van der Waals surface area contributed by atoms with Gasteiger partial charge in [-0.3, -0.25) is 5.43 Å². The summed E-state index contributed by atoms with van der Waals surface area (Å²) in [6.45, 7) is 0. The van der Waals surface area contributed by atoms with Crippen molar-refractivity contribution in [2.75, 3.05) is 29.7 Å². The molecule has 2 bridgehead atoms. The van der Waals surface area contributed by atoms with E-state index >= 15 is 0 Å². The SMILES string of the molecule is CN(C)c1nc(NN)nc(NC2CC3CCC2C3)n1. The Kier molecular flexibility index (Phi) is 3.14. The quantitative estimate of drug-likeness (QED) is 0.547. The molecule has 3 rings (SSSR count). The average molecular weight is 263 g/mol. The van der Waals surface area contributed by atoms with Gasteiger partial charge in [-0.1, -0.05) is 6.42 Å². The van der Waals surface area contributed by atoms with Crippen LogP contribution in [0.1, 0.15) is 25.7 Å². The molecule has 0 aliphatic heterocycles. The van der Waals surface area contributed by atoms with E-state index in [1.807, 2.05) is 19.0 Å². The van der Waals surface area contributed by atoms with Crippen LogP contribution in [0.4, 0.5) is 17.8 Å². The normalized spacial score (nSPS) is 28.5. The van der Waals surface area contributed by atoms with E-state index in [2.05, 4.69) is 25.7 Å². The fourth-order valence-corrected chi connectivity index (χ4v) is 3.28. The fraction of sp³-hybridized carbons (Fsp3) is 0.750. The molecule has 7 heteroatoms. The Morgan fingerprint density at radius 2 is 1.89 bits per heavy atom. The highest BCUT2D eigenvalue weighted by Gasteiger charge is 2.39. The van der Waals surface area contributed by atoms with E-state index < -0.39 is 0 Å². The van der Waals surface area contributed by atoms with Gasteiger partial charge in [-0.05, 0) is 31.1 Å². The molecule has 3 atom stereocenters. The van der Waals surface area contributed by atoms with Gasteiger partial charge in [0.15, 0.2) is 0 Å². The lowest BCUT2D eigenvalue weighted by atomic mass is 9.95. The molecule has 0 spiro atoms. The van der Waals surface area contributed by atoms with Crippen molar-refractivity contribution in [1.82, 2.24) is 15.0 Å². The first-order valence-electron chi connectivity index (χ1n) is 6.82. The van der Waals surface area contributed by atoms with Crippen LogP contribution in [0.15, 0.2) is 0 Å². The third-order valence-corrected chi connectivity index (χ3v) is 4.21. The van der Waals surface area contributed by atoms with Crippen LogP contribution in [-0.2, 0) is 0 Å². The molecular weight excluding hydrogens is 242 g/mol. The Balaban J connectivity index is 1.78. The summed E-state index contributed by atoms with van der Waals surface area (Å²) in [4.78, 5) is 14.8. The van der Waals surface area contributed by atoms with Crippen LogP contribution in [0, 0.1) is 11.8 Å². The molecule has 4 N–H and O–H groups in total. The lowest BCUT2D eigenvalue weighted by Gasteiger charge is -2.23. The van der Waals surface area contributed by atoms with E-state index in [1.165, 1.54) is 25.7 Å². The number of nitrogens with one attached hydrogen (secondary N) is 2. The Bertz CT molecular complexity index is 461. The molecule has 2 aliphatic carbocycles.